The van der Waals surface area contributed by atoms with Crippen LogP contribution < -0.4 is 16.0 Å². The predicted molar refractivity (Wildman–Crippen MR) is 137 cm³/mol. The molecule has 0 aromatic heterocycles. The zero-order valence-electron chi connectivity index (χ0n) is 23.3. The summed E-state index contributed by atoms with van der Waals surface area (Å²) in [5, 5.41) is 17.6. The van der Waals surface area contributed by atoms with E-state index < -0.39 is 17.4 Å². The van der Waals surface area contributed by atoms with Gasteiger partial charge in [0.2, 0.25) is 11.8 Å². The van der Waals surface area contributed by atoms with Crippen molar-refractivity contribution in [3.8, 4) is 0 Å². The Hall–Kier alpha value is -2.12. The fourth-order valence-corrected chi connectivity index (χ4v) is 2.71. The number of carbonyl (C=O) groups is 4. The maximum Gasteiger partial charge on any atom is 0.320 e. The van der Waals surface area contributed by atoms with Crippen molar-refractivity contribution >= 4 is 23.6 Å². The summed E-state index contributed by atoms with van der Waals surface area (Å²) < 4.78 is 21.2. The summed E-state index contributed by atoms with van der Waals surface area (Å²) in [7, 11) is 0. The number of carboxylic acids is 1. The van der Waals surface area contributed by atoms with Gasteiger partial charge in [-0.15, -0.1) is 0 Å². The van der Waals surface area contributed by atoms with Crippen molar-refractivity contribution in [3.63, 3.8) is 0 Å². The Labute approximate surface area is 220 Å². The molecule has 0 spiro atoms. The van der Waals surface area contributed by atoms with Crippen LogP contribution in [0.2, 0.25) is 0 Å². The Morgan fingerprint density at radius 2 is 1.19 bits per heavy atom. The fourth-order valence-electron chi connectivity index (χ4n) is 2.71. The van der Waals surface area contributed by atoms with Crippen molar-refractivity contribution in [2.75, 3.05) is 65.9 Å². The monoisotopic (exact) mass is 533 g/mol. The molecule has 0 fully saturated rings. The molecule has 216 valence electrons. The smallest absolute Gasteiger partial charge is 0.320 e. The number of amides is 2. The molecule has 0 aromatic rings. The van der Waals surface area contributed by atoms with E-state index in [4.69, 9.17) is 18.9 Å². The molecule has 37 heavy (non-hydrogen) atoms. The van der Waals surface area contributed by atoms with Gasteiger partial charge in [-0.1, -0.05) is 20.8 Å². The SMILES string of the molecule is CC(C)(C)NC(CCC(=O)NCCOCCOCC(=O)NCCOCCOCC(=O)C(C)(C)C)C(=O)O. The lowest BCUT2D eigenvalue weighted by molar-refractivity contribution is -0.140. The highest BCUT2D eigenvalue weighted by Gasteiger charge is 2.24. The summed E-state index contributed by atoms with van der Waals surface area (Å²) in [6, 6.07) is -0.792. The van der Waals surface area contributed by atoms with Crippen LogP contribution in [0.3, 0.4) is 0 Å². The van der Waals surface area contributed by atoms with Crippen LogP contribution in [0.4, 0.5) is 0 Å². The first-order valence-electron chi connectivity index (χ1n) is 12.6. The van der Waals surface area contributed by atoms with E-state index >= 15 is 0 Å². The van der Waals surface area contributed by atoms with Gasteiger partial charge in [0.15, 0.2) is 5.78 Å². The zero-order chi connectivity index (χ0) is 28.3. The number of hydrogen-bond donors (Lipinski definition) is 4. The molecule has 0 aromatic carbocycles. The Morgan fingerprint density at radius 3 is 1.68 bits per heavy atom. The highest BCUT2D eigenvalue weighted by atomic mass is 16.5. The Balaban J connectivity index is 3.59. The van der Waals surface area contributed by atoms with Gasteiger partial charge >= 0.3 is 5.97 Å². The standard InChI is InChI=1S/C25H47N3O9/c1-24(2,3)20(29)17-36-15-13-35-12-10-27-22(31)18-37-16-14-34-11-9-26-21(30)8-7-19(23(32)33)28-25(4,5)6/h19,28H,7-18H2,1-6H3,(H,26,30)(H,27,31)(H,32,33). The number of aliphatic carboxylic acids is 1. The summed E-state index contributed by atoms with van der Waals surface area (Å²) >= 11 is 0. The number of hydrogen-bond acceptors (Lipinski definition) is 9. The van der Waals surface area contributed by atoms with Crippen molar-refractivity contribution in [1.29, 1.82) is 0 Å². The quantitative estimate of drug-likeness (QED) is 0.153. The maximum absolute atomic E-state index is 11.9. The number of carboxylic acid groups (broad SMARTS) is 1. The Bertz CT molecular complexity index is 688. The van der Waals surface area contributed by atoms with Crippen molar-refractivity contribution < 1.29 is 43.2 Å². The molecule has 0 aliphatic heterocycles. The van der Waals surface area contributed by atoms with Gasteiger partial charge in [-0.3, -0.25) is 24.5 Å². The van der Waals surface area contributed by atoms with Crippen LogP contribution >= 0.6 is 0 Å². The second-order valence-electron chi connectivity index (χ2n) is 10.5. The number of carbonyl (C=O) groups excluding carboxylic acids is 3. The van der Waals surface area contributed by atoms with Crippen LogP contribution in [0.5, 0.6) is 0 Å². The topological polar surface area (TPSA) is 162 Å². The maximum atomic E-state index is 11.9. The summed E-state index contributed by atoms with van der Waals surface area (Å²) in [5.41, 5.74) is -0.784. The van der Waals surface area contributed by atoms with E-state index in [2.05, 4.69) is 16.0 Å². The van der Waals surface area contributed by atoms with Gasteiger partial charge in [-0.05, 0) is 27.2 Å². The van der Waals surface area contributed by atoms with Crippen LogP contribution in [0.25, 0.3) is 0 Å². The van der Waals surface area contributed by atoms with E-state index in [0.717, 1.165) is 0 Å². The minimum Gasteiger partial charge on any atom is -0.480 e. The zero-order valence-corrected chi connectivity index (χ0v) is 23.3. The molecule has 1 unspecified atom stereocenters. The molecule has 0 radical (unpaired) electrons. The molecule has 0 saturated heterocycles. The van der Waals surface area contributed by atoms with Crippen molar-refractivity contribution in [2.24, 2.45) is 5.41 Å². The molecule has 4 N–H and O–H groups in total. The molecule has 0 saturated carbocycles. The number of ketones is 1. The fraction of sp³-hybridized carbons (Fsp3) is 0.840. The largest absolute Gasteiger partial charge is 0.480 e. The van der Waals surface area contributed by atoms with Crippen molar-refractivity contribution in [2.45, 2.75) is 66.0 Å². The molecule has 12 nitrogen and oxygen atoms in total. The Kier molecular flexibility index (Phi) is 17.9. The Morgan fingerprint density at radius 1 is 0.703 bits per heavy atom. The van der Waals surface area contributed by atoms with Crippen LogP contribution in [0.15, 0.2) is 0 Å². The van der Waals surface area contributed by atoms with Gasteiger partial charge in [0.05, 0.1) is 39.6 Å². The normalized spacial score (nSPS) is 12.7. The number of ether oxygens (including phenoxy) is 4. The molecule has 2 amide bonds. The number of Topliss-reactive ketones (excluding diaryl/α,β-unsaturated/α-hetero) is 1. The summed E-state index contributed by atoms with van der Waals surface area (Å²) in [4.78, 5) is 46.6. The molecule has 0 rings (SSSR count). The lowest BCUT2D eigenvalue weighted by atomic mass is 9.91. The van der Waals surface area contributed by atoms with Crippen LogP contribution in [-0.4, -0.2) is 106 Å². The van der Waals surface area contributed by atoms with Crippen molar-refractivity contribution in [1.82, 2.24) is 16.0 Å². The molecule has 0 aliphatic rings. The molecular formula is C25H47N3O9. The highest BCUT2D eigenvalue weighted by Crippen LogP contribution is 2.14. The van der Waals surface area contributed by atoms with E-state index in [1.165, 1.54) is 0 Å². The van der Waals surface area contributed by atoms with E-state index in [0.29, 0.717) is 32.9 Å². The third-order valence-electron chi connectivity index (χ3n) is 4.75. The number of nitrogens with one attached hydrogen (secondary N) is 3. The lowest BCUT2D eigenvalue weighted by Gasteiger charge is -2.25. The van der Waals surface area contributed by atoms with Gasteiger partial charge in [-0.2, -0.15) is 0 Å². The van der Waals surface area contributed by atoms with Gasteiger partial charge in [-0.25, -0.2) is 0 Å². The highest BCUT2D eigenvalue weighted by molar-refractivity contribution is 5.84. The first kappa shape index (κ1) is 34.9. The van der Waals surface area contributed by atoms with E-state index in [9.17, 15) is 24.3 Å². The second-order valence-corrected chi connectivity index (χ2v) is 10.5. The second kappa shape index (κ2) is 19.0. The molecule has 0 aliphatic carbocycles. The first-order valence-corrected chi connectivity index (χ1v) is 12.6. The molecule has 1 atom stereocenters. The van der Waals surface area contributed by atoms with Crippen LogP contribution in [-0.2, 0) is 38.1 Å². The summed E-state index contributed by atoms with van der Waals surface area (Å²) in [6.07, 6.45) is 0.283. The lowest BCUT2D eigenvalue weighted by Crippen LogP contribution is -2.48. The van der Waals surface area contributed by atoms with Gasteiger partial charge in [0.25, 0.3) is 0 Å². The molecule has 0 bridgehead atoms. The van der Waals surface area contributed by atoms with E-state index in [1.54, 1.807) is 0 Å². The van der Waals surface area contributed by atoms with Gasteiger partial charge < -0.3 is 34.7 Å². The minimum atomic E-state index is -0.986. The molecular weight excluding hydrogens is 486 g/mol. The predicted octanol–water partition coefficient (Wildman–Crippen LogP) is 0.522. The van der Waals surface area contributed by atoms with Crippen molar-refractivity contribution in [3.05, 3.63) is 0 Å². The number of rotatable bonds is 21. The third-order valence-corrected chi connectivity index (χ3v) is 4.75. The van der Waals surface area contributed by atoms with Gasteiger partial charge in [0.1, 0.15) is 19.3 Å². The van der Waals surface area contributed by atoms with Crippen LogP contribution in [0.1, 0.15) is 54.4 Å². The third kappa shape index (κ3) is 21.7. The van der Waals surface area contributed by atoms with E-state index in [-0.39, 0.29) is 69.0 Å². The molecule has 12 heteroatoms. The summed E-state index contributed by atoms with van der Waals surface area (Å²) in [5.74, 6) is -1.47. The van der Waals surface area contributed by atoms with Gasteiger partial charge in [0, 0.05) is 30.5 Å². The first-order chi connectivity index (χ1) is 17.2. The van der Waals surface area contributed by atoms with E-state index in [1.807, 2.05) is 41.5 Å². The average Bonchev–Trinajstić information content (AvgIpc) is 2.78. The minimum absolute atomic E-state index is 0.0321. The average molecular weight is 534 g/mol. The summed E-state index contributed by atoms with van der Waals surface area (Å²) in [6.45, 7) is 13.4. The van der Waals surface area contributed by atoms with Crippen LogP contribution in [0, 0.1) is 5.41 Å². The molecule has 0 heterocycles.